The predicted octanol–water partition coefficient (Wildman–Crippen LogP) is 2.78. The quantitative estimate of drug-likeness (QED) is 0.834. The van der Waals surface area contributed by atoms with E-state index in [-0.39, 0.29) is 5.91 Å². The summed E-state index contributed by atoms with van der Waals surface area (Å²) >= 11 is 0. The summed E-state index contributed by atoms with van der Waals surface area (Å²) in [5, 5.41) is 2.96. The topological polar surface area (TPSA) is 58.4 Å². The van der Waals surface area contributed by atoms with Gasteiger partial charge in [0.05, 0.1) is 17.9 Å². The van der Waals surface area contributed by atoms with E-state index in [1.807, 2.05) is 25.1 Å². The Bertz CT molecular complexity index is 456. The second-order valence-electron chi connectivity index (χ2n) is 5.89. The molecule has 0 spiro atoms. The van der Waals surface area contributed by atoms with Crippen molar-refractivity contribution in [3.8, 4) is 0 Å². The van der Waals surface area contributed by atoms with Crippen LogP contribution in [0.4, 0.5) is 11.4 Å². The fourth-order valence-electron chi connectivity index (χ4n) is 2.99. The van der Waals surface area contributed by atoms with Gasteiger partial charge in [-0.25, -0.2) is 0 Å². The zero-order valence-electron chi connectivity index (χ0n) is 12.6. The van der Waals surface area contributed by atoms with Crippen LogP contribution in [0.1, 0.15) is 38.7 Å². The maximum absolute atomic E-state index is 12.3. The van der Waals surface area contributed by atoms with Crippen molar-refractivity contribution >= 4 is 17.3 Å². The van der Waals surface area contributed by atoms with E-state index in [2.05, 4.69) is 24.1 Å². The van der Waals surface area contributed by atoms with Crippen molar-refractivity contribution in [1.29, 1.82) is 0 Å². The van der Waals surface area contributed by atoms with Gasteiger partial charge in [-0.1, -0.05) is 18.6 Å². The highest BCUT2D eigenvalue weighted by Crippen LogP contribution is 2.24. The summed E-state index contributed by atoms with van der Waals surface area (Å²) in [6, 6.07) is 6.61. The third-order valence-corrected chi connectivity index (χ3v) is 4.27. The van der Waals surface area contributed by atoms with Gasteiger partial charge in [-0.3, -0.25) is 9.69 Å². The van der Waals surface area contributed by atoms with Crippen molar-refractivity contribution in [2.75, 3.05) is 17.6 Å². The summed E-state index contributed by atoms with van der Waals surface area (Å²) in [5.74, 6) is 0.0200. The predicted molar refractivity (Wildman–Crippen MR) is 83.7 cm³/mol. The standard InChI is InChI=1S/C16H25N3O/c1-11-6-4-9-14(17)16(11)18-15(20)10-19-12(2)7-5-8-13(19)3/h4,6,9,12-13H,5,7-8,10,17H2,1-3H3,(H,18,20)/t12-,13+. The molecule has 2 atom stereocenters. The number of benzene rings is 1. The molecule has 1 heterocycles. The van der Waals surface area contributed by atoms with E-state index in [4.69, 9.17) is 5.73 Å². The van der Waals surface area contributed by atoms with Gasteiger partial charge in [-0.15, -0.1) is 0 Å². The summed E-state index contributed by atoms with van der Waals surface area (Å²) in [6.07, 6.45) is 3.60. The first kappa shape index (κ1) is 14.9. The molecule has 0 radical (unpaired) electrons. The smallest absolute Gasteiger partial charge is 0.238 e. The van der Waals surface area contributed by atoms with E-state index in [9.17, 15) is 4.79 Å². The number of nitrogen functional groups attached to an aromatic ring is 1. The van der Waals surface area contributed by atoms with Crippen molar-refractivity contribution in [2.24, 2.45) is 0 Å². The molecular weight excluding hydrogens is 250 g/mol. The normalized spacial score (nSPS) is 23.6. The van der Waals surface area contributed by atoms with Crippen LogP contribution >= 0.6 is 0 Å². The van der Waals surface area contributed by atoms with Crippen molar-refractivity contribution in [3.05, 3.63) is 23.8 Å². The van der Waals surface area contributed by atoms with Gasteiger partial charge in [0.1, 0.15) is 0 Å². The molecule has 1 aromatic rings. The summed E-state index contributed by atoms with van der Waals surface area (Å²) in [7, 11) is 0. The first-order valence-electron chi connectivity index (χ1n) is 7.39. The Morgan fingerprint density at radius 3 is 2.60 bits per heavy atom. The minimum atomic E-state index is 0.0200. The van der Waals surface area contributed by atoms with Crippen molar-refractivity contribution in [3.63, 3.8) is 0 Å². The number of carbonyl (C=O) groups is 1. The second-order valence-corrected chi connectivity index (χ2v) is 5.89. The van der Waals surface area contributed by atoms with Crippen molar-refractivity contribution in [2.45, 2.75) is 52.1 Å². The van der Waals surface area contributed by atoms with Gasteiger partial charge in [0.2, 0.25) is 5.91 Å². The summed E-state index contributed by atoms with van der Waals surface area (Å²) in [6.45, 7) is 6.80. The monoisotopic (exact) mass is 275 g/mol. The van der Waals surface area contributed by atoms with E-state index < -0.39 is 0 Å². The highest BCUT2D eigenvalue weighted by atomic mass is 16.2. The third kappa shape index (κ3) is 3.31. The molecule has 110 valence electrons. The zero-order valence-corrected chi connectivity index (χ0v) is 12.6. The molecule has 1 fully saturated rings. The number of hydrogen-bond donors (Lipinski definition) is 2. The summed E-state index contributed by atoms with van der Waals surface area (Å²) in [4.78, 5) is 14.6. The largest absolute Gasteiger partial charge is 0.397 e. The van der Waals surface area contributed by atoms with Crippen LogP contribution in [0.15, 0.2) is 18.2 Å². The molecule has 1 amide bonds. The Morgan fingerprint density at radius 2 is 2.00 bits per heavy atom. The Hall–Kier alpha value is -1.55. The van der Waals surface area contributed by atoms with Gasteiger partial charge in [0.25, 0.3) is 0 Å². The number of nitrogens with one attached hydrogen (secondary N) is 1. The van der Waals surface area contributed by atoms with Crippen LogP contribution in [0.25, 0.3) is 0 Å². The fraction of sp³-hybridized carbons (Fsp3) is 0.562. The number of likely N-dealkylation sites (tertiary alicyclic amines) is 1. The van der Waals surface area contributed by atoms with Gasteiger partial charge in [-0.2, -0.15) is 0 Å². The first-order valence-corrected chi connectivity index (χ1v) is 7.39. The molecule has 4 heteroatoms. The van der Waals surface area contributed by atoms with Crippen LogP contribution in [0.5, 0.6) is 0 Å². The molecule has 0 aromatic heterocycles. The van der Waals surface area contributed by atoms with Crippen LogP contribution in [-0.2, 0) is 4.79 Å². The van der Waals surface area contributed by atoms with E-state index in [1.165, 1.54) is 19.3 Å². The van der Waals surface area contributed by atoms with Crippen LogP contribution in [0.3, 0.4) is 0 Å². The first-order chi connectivity index (χ1) is 9.49. The molecule has 0 aliphatic carbocycles. The number of aryl methyl sites for hydroxylation is 1. The number of hydrogen-bond acceptors (Lipinski definition) is 3. The minimum Gasteiger partial charge on any atom is -0.397 e. The van der Waals surface area contributed by atoms with E-state index >= 15 is 0 Å². The number of anilines is 2. The Morgan fingerprint density at radius 1 is 1.35 bits per heavy atom. The van der Waals surface area contributed by atoms with Crippen LogP contribution in [-0.4, -0.2) is 29.4 Å². The Balaban J connectivity index is 2.02. The van der Waals surface area contributed by atoms with Gasteiger partial charge in [-0.05, 0) is 45.2 Å². The molecular formula is C16H25N3O. The van der Waals surface area contributed by atoms with E-state index in [0.29, 0.717) is 24.3 Å². The van der Waals surface area contributed by atoms with E-state index in [1.54, 1.807) is 0 Å². The molecule has 0 saturated carbocycles. The van der Waals surface area contributed by atoms with Gasteiger partial charge in [0.15, 0.2) is 0 Å². The highest BCUT2D eigenvalue weighted by Gasteiger charge is 2.26. The average Bonchev–Trinajstić information content (AvgIpc) is 2.39. The van der Waals surface area contributed by atoms with Crippen molar-refractivity contribution in [1.82, 2.24) is 4.90 Å². The maximum atomic E-state index is 12.3. The average molecular weight is 275 g/mol. The van der Waals surface area contributed by atoms with Crippen LogP contribution in [0, 0.1) is 6.92 Å². The number of amides is 1. The Kier molecular flexibility index (Phi) is 4.65. The Labute approximate surface area is 121 Å². The lowest BCUT2D eigenvalue weighted by Crippen LogP contribution is -2.47. The van der Waals surface area contributed by atoms with Crippen molar-refractivity contribution < 1.29 is 4.79 Å². The van der Waals surface area contributed by atoms with Crippen LogP contribution in [0.2, 0.25) is 0 Å². The molecule has 4 nitrogen and oxygen atoms in total. The third-order valence-electron chi connectivity index (χ3n) is 4.27. The molecule has 1 aliphatic heterocycles. The molecule has 2 rings (SSSR count). The molecule has 1 aliphatic rings. The van der Waals surface area contributed by atoms with E-state index in [0.717, 1.165) is 11.3 Å². The maximum Gasteiger partial charge on any atom is 0.238 e. The lowest BCUT2D eigenvalue weighted by atomic mass is 9.97. The minimum absolute atomic E-state index is 0.0200. The number of nitrogens with two attached hydrogens (primary N) is 1. The second kappa shape index (κ2) is 6.27. The SMILES string of the molecule is Cc1cccc(N)c1NC(=O)CN1[C@H](C)CCC[C@@H]1C. The summed E-state index contributed by atoms with van der Waals surface area (Å²) < 4.78 is 0. The van der Waals surface area contributed by atoms with Gasteiger partial charge < -0.3 is 11.1 Å². The molecule has 20 heavy (non-hydrogen) atoms. The highest BCUT2D eigenvalue weighted by molar-refractivity contribution is 5.96. The number of para-hydroxylation sites is 1. The fourth-order valence-corrected chi connectivity index (χ4v) is 2.99. The molecule has 1 saturated heterocycles. The van der Waals surface area contributed by atoms with Gasteiger partial charge in [0, 0.05) is 12.1 Å². The molecule has 1 aromatic carbocycles. The number of carbonyl (C=O) groups excluding carboxylic acids is 1. The zero-order chi connectivity index (χ0) is 14.7. The van der Waals surface area contributed by atoms with Gasteiger partial charge >= 0.3 is 0 Å². The molecule has 0 unspecified atom stereocenters. The number of nitrogens with zero attached hydrogens (tertiary/aromatic N) is 1. The summed E-state index contributed by atoms with van der Waals surface area (Å²) in [5.41, 5.74) is 8.30. The number of rotatable bonds is 3. The lowest BCUT2D eigenvalue weighted by Gasteiger charge is -2.38. The van der Waals surface area contributed by atoms with Crippen LogP contribution < -0.4 is 11.1 Å². The molecule has 0 bridgehead atoms. The lowest BCUT2D eigenvalue weighted by molar-refractivity contribution is -0.118. The molecule has 3 N–H and O–H groups in total. The number of piperidine rings is 1.